The molecule has 1 fully saturated rings. The van der Waals surface area contributed by atoms with Gasteiger partial charge in [0, 0.05) is 24.0 Å². The average molecular weight is 350 g/mol. The van der Waals surface area contributed by atoms with Gasteiger partial charge in [0.2, 0.25) is 0 Å². The predicted octanol–water partition coefficient (Wildman–Crippen LogP) is 4.21. The zero-order valence-corrected chi connectivity index (χ0v) is 14.4. The second-order valence-electron chi connectivity index (χ2n) is 6.25. The van der Waals surface area contributed by atoms with Crippen LogP contribution in [0.5, 0.6) is 0 Å². The minimum absolute atomic E-state index is 0.0406. The SMILES string of the molecule is Cc1nc(C(=O)N2CCC[C@H](CCc3c(F)cccc3F)C2)cs1. The van der Waals surface area contributed by atoms with Gasteiger partial charge in [0.1, 0.15) is 17.3 Å². The summed E-state index contributed by atoms with van der Waals surface area (Å²) in [5.74, 6) is -0.754. The van der Waals surface area contributed by atoms with Gasteiger partial charge in [0.25, 0.3) is 5.91 Å². The normalized spacial score (nSPS) is 18.0. The molecule has 1 aromatic heterocycles. The van der Waals surface area contributed by atoms with E-state index in [2.05, 4.69) is 4.98 Å². The number of likely N-dealkylation sites (tertiary alicyclic amines) is 1. The Hall–Kier alpha value is -1.82. The molecule has 1 aliphatic rings. The van der Waals surface area contributed by atoms with Crippen LogP contribution < -0.4 is 0 Å². The van der Waals surface area contributed by atoms with Crippen LogP contribution in [0, 0.1) is 24.5 Å². The second-order valence-corrected chi connectivity index (χ2v) is 7.31. The first-order valence-corrected chi connectivity index (χ1v) is 9.07. The lowest BCUT2D eigenvalue weighted by Gasteiger charge is -2.32. The smallest absolute Gasteiger partial charge is 0.273 e. The van der Waals surface area contributed by atoms with E-state index in [0.717, 1.165) is 24.4 Å². The fraction of sp³-hybridized carbons (Fsp3) is 0.444. The van der Waals surface area contributed by atoms with Crippen LogP contribution in [-0.2, 0) is 6.42 Å². The van der Waals surface area contributed by atoms with Crippen molar-refractivity contribution in [1.29, 1.82) is 0 Å². The topological polar surface area (TPSA) is 33.2 Å². The van der Waals surface area contributed by atoms with Gasteiger partial charge < -0.3 is 4.90 Å². The van der Waals surface area contributed by atoms with E-state index in [-0.39, 0.29) is 17.4 Å². The summed E-state index contributed by atoms with van der Waals surface area (Å²) in [7, 11) is 0. The predicted molar refractivity (Wildman–Crippen MR) is 90.2 cm³/mol. The number of halogens is 2. The molecule has 0 bridgehead atoms. The summed E-state index contributed by atoms with van der Waals surface area (Å²) in [6, 6.07) is 3.96. The molecule has 3 rings (SSSR count). The van der Waals surface area contributed by atoms with Crippen LogP contribution >= 0.6 is 11.3 Å². The fourth-order valence-corrected chi connectivity index (χ4v) is 3.82. The number of benzene rings is 1. The Morgan fingerprint density at radius 3 is 2.79 bits per heavy atom. The minimum atomic E-state index is -0.489. The summed E-state index contributed by atoms with van der Waals surface area (Å²) in [4.78, 5) is 18.6. The van der Waals surface area contributed by atoms with Crippen molar-refractivity contribution in [3.8, 4) is 0 Å². The van der Waals surface area contributed by atoms with Gasteiger partial charge >= 0.3 is 0 Å². The third kappa shape index (κ3) is 3.80. The van der Waals surface area contributed by atoms with Crippen molar-refractivity contribution >= 4 is 17.2 Å². The second kappa shape index (κ2) is 7.38. The van der Waals surface area contributed by atoms with Crippen LogP contribution in [0.4, 0.5) is 8.78 Å². The van der Waals surface area contributed by atoms with E-state index in [9.17, 15) is 13.6 Å². The molecule has 0 unspecified atom stereocenters. The van der Waals surface area contributed by atoms with Gasteiger partial charge in [-0.3, -0.25) is 4.79 Å². The largest absolute Gasteiger partial charge is 0.337 e. The standard InChI is InChI=1S/C18H20F2N2OS/c1-12-21-17(11-24-12)18(23)22-9-3-4-13(10-22)7-8-14-15(19)5-2-6-16(14)20/h2,5-6,11,13H,3-4,7-10H2,1H3/t13-/m1/s1. The highest BCUT2D eigenvalue weighted by atomic mass is 32.1. The van der Waals surface area contributed by atoms with Crippen molar-refractivity contribution in [3.63, 3.8) is 0 Å². The van der Waals surface area contributed by atoms with Gasteiger partial charge in [-0.15, -0.1) is 11.3 Å². The third-order valence-electron chi connectivity index (χ3n) is 4.51. The summed E-state index contributed by atoms with van der Waals surface area (Å²) in [5, 5.41) is 2.66. The first-order valence-electron chi connectivity index (χ1n) is 8.19. The van der Waals surface area contributed by atoms with Crippen LogP contribution in [0.15, 0.2) is 23.6 Å². The molecule has 6 heteroatoms. The molecule has 0 radical (unpaired) electrons. The van der Waals surface area contributed by atoms with E-state index in [4.69, 9.17) is 0 Å². The van der Waals surface area contributed by atoms with Crippen LogP contribution in [0.1, 0.15) is 40.3 Å². The maximum Gasteiger partial charge on any atom is 0.273 e. The number of amides is 1. The molecule has 2 heterocycles. The molecule has 1 saturated heterocycles. The number of nitrogens with zero attached hydrogens (tertiary/aromatic N) is 2. The van der Waals surface area contributed by atoms with Crippen molar-refractivity contribution in [1.82, 2.24) is 9.88 Å². The first-order chi connectivity index (χ1) is 11.5. The molecule has 128 valence electrons. The van der Waals surface area contributed by atoms with Crippen LogP contribution in [0.3, 0.4) is 0 Å². The van der Waals surface area contributed by atoms with E-state index in [0.29, 0.717) is 25.1 Å². The van der Waals surface area contributed by atoms with Crippen molar-refractivity contribution in [2.45, 2.75) is 32.6 Å². The van der Waals surface area contributed by atoms with Gasteiger partial charge in [-0.1, -0.05) is 6.07 Å². The van der Waals surface area contributed by atoms with Crippen molar-refractivity contribution < 1.29 is 13.6 Å². The lowest BCUT2D eigenvalue weighted by atomic mass is 9.91. The number of carbonyl (C=O) groups excluding carboxylic acids is 1. The molecule has 3 nitrogen and oxygen atoms in total. The molecule has 0 aliphatic carbocycles. The number of rotatable bonds is 4. The Morgan fingerprint density at radius 2 is 2.12 bits per heavy atom. The van der Waals surface area contributed by atoms with Crippen molar-refractivity contribution in [3.05, 3.63) is 51.5 Å². The summed E-state index contributed by atoms with van der Waals surface area (Å²) in [6.07, 6.45) is 2.94. The monoisotopic (exact) mass is 350 g/mol. The molecule has 0 N–H and O–H groups in total. The van der Waals surface area contributed by atoms with E-state index < -0.39 is 11.6 Å². The number of carbonyl (C=O) groups is 1. The Balaban J connectivity index is 1.60. The van der Waals surface area contributed by atoms with Gasteiger partial charge in [-0.05, 0) is 50.7 Å². The molecule has 24 heavy (non-hydrogen) atoms. The number of thiazole rings is 1. The van der Waals surface area contributed by atoms with Crippen LogP contribution in [0.25, 0.3) is 0 Å². The Kier molecular flexibility index (Phi) is 5.23. The lowest BCUT2D eigenvalue weighted by molar-refractivity contribution is 0.0662. The van der Waals surface area contributed by atoms with Gasteiger partial charge in [0.05, 0.1) is 5.01 Å². The fourth-order valence-electron chi connectivity index (χ4n) is 3.23. The van der Waals surface area contributed by atoms with E-state index in [1.54, 1.807) is 5.38 Å². The quantitative estimate of drug-likeness (QED) is 0.827. The number of hydrogen-bond acceptors (Lipinski definition) is 3. The Labute approximate surface area is 144 Å². The molecular weight excluding hydrogens is 330 g/mol. The molecular formula is C18H20F2N2OS. The molecule has 1 aromatic carbocycles. The van der Waals surface area contributed by atoms with E-state index in [1.165, 1.54) is 29.5 Å². The van der Waals surface area contributed by atoms with E-state index >= 15 is 0 Å². The zero-order valence-electron chi connectivity index (χ0n) is 13.6. The third-order valence-corrected chi connectivity index (χ3v) is 5.28. The maximum absolute atomic E-state index is 13.7. The van der Waals surface area contributed by atoms with E-state index in [1.807, 2.05) is 11.8 Å². The van der Waals surface area contributed by atoms with Gasteiger partial charge in [-0.25, -0.2) is 13.8 Å². The summed E-state index contributed by atoms with van der Waals surface area (Å²) in [6.45, 7) is 3.23. The number of aromatic nitrogens is 1. The zero-order chi connectivity index (χ0) is 17.1. The summed E-state index contributed by atoms with van der Waals surface area (Å²) >= 11 is 1.47. The van der Waals surface area contributed by atoms with Crippen LogP contribution in [-0.4, -0.2) is 28.9 Å². The molecule has 1 amide bonds. The van der Waals surface area contributed by atoms with Crippen molar-refractivity contribution in [2.75, 3.05) is 13.1 Å². The van der Waals surface area contributed by atoms with Crippen molar-refractivity contribution in [2.24, 2.45) is 5.92 Å². The number of piperidine rings is 1. The molecule has 1 aliphatic heterocycles. The highest BCUT2D eigenvalue weighted by Gasteiger charge is 2.26. The Morgan fingerprint density at radius 1 is 1.38 bits per heavy atom. The lowest BCUT2D eigenvalue weighted by Crippen LogP contribution is -2.40. The summed E-state index contributed by atoms with van der Waals surface area (Å²) < 4.78 is 27.4. The summed E-state index contributed by atoms with van der Waals surface area (Å²) in [5.41, 5.74) is 0.648. The maximum atomic E-state index is 13.7. The Bertz CT molecular complexity index is 711. The number of aryl methyl sites for hydroxylation is 1. The van der Waals surface area contributed by atoms with Gasteiger partial charge in [-0.2, -0.15) is 0 Å². The highest BCUT2D eigenvalue weighted by Crippen LogP contribution is 2.24. The highest BCUT2D eigenvalue weighted by molar-refractivity contribution is 7.09. The van der Waals surface area contributed by atoms with Gasteiger partial charge in [0.15, 0.2) is 0 Å². The average Bonchev–Trinajstić information content (AvgIpc) is 3.00. The van der Waals surface area contributed by atoms with Crippen LogP contribution in [0.2, 0.25) is 0 Å². The number of hydrogen-bond donors (Lipinski definition) is 0. The molecule has 0 spiro atoms. The molecule has 0 saturated carbocycles. The minimum Gasteiger partial charge on any atom is -0.337 e. The molecule has 1 atom stereocenters. The first kappa shape index (κ1) is 17.0. The molecule has 2 aromatic rings.